The number of carbonyl (C=O) groups excluding carboxylic acids is 2. The maximum Gasteiger partial charge on any atom is 0.339 e. The summed E-state index contributed by atoms with van der Waals surface area (Å²) in [5.74, 6) is 0.127. The second-order valence-corrected chi connectivity index (χ2v) is 17.4. The monoisotopic (exact) mass is 594 g/mol. The molecular weight excluding hydrogens is 539 g/mol. The Hall–Kier alpha value is -1.69. The molecule has 0 radical (unpaired) electrons. The summed E-state index contributed by atoms with van der Waals surface area (Å²) < 4.78 is 30.1. The minimum Gasteiger partial charge on any atom is -0.474 e. The van der Waals surface area contributed by atoms with Crippen LogP contribution in [0.1, 0.15) is 114 Å². The summed E-state index contributed by atoms with van der Waals surface area (Å²) in [6, 6.07) is 7.42. The highest BCUT2D eigenvalue weighted by molar-refractivity contribution is 7.52. The molecule has 7 nitrogen and oxygen atoms in total. The molecule has 0 N–H and O–H groups in total. The van der Waals surface area contributed by atoms with Crippen LogP contribution >= 0.6 is 8.15 Å². The summed E-state index contributed by atoms with van der Waals surface area (Å²) in [5, 5.41) is 0. The largest absolute Gasteiger partial charge is 0.474 e. The van der Waals surface area contributed by atoms with Gasteiger partial charge in [0.2, 0.25) is 0 Å². The maximum absolute atomic E-state index is 13.5. The van der Waals surface area contributed by atoms with E-state index in [0.717, 1.165) is 18.3 Å². The van der Waals surface area contributed by atoms with Crippen molar-refractivity contribution in [3.05, 3.63) is 29.8 Å². The molecular formula is C33H55O7P. The van der Waals surface area contributed by atoms with Crippen LogP contribution in [-0.4, -0.2) is 48.2 Å². The SMILES string of the molecule is CC(C)CCP(C)Oc1ccc(C2OC(C(=O)OC(C)(C)CC(C)(C)C)C(C(=O)OC(C)(C)CC(C)(C)C)O2)cc1. The first-order chi connectivity index (χ1) is 18.6. The van der Waals surface area contributed by atoms with Crippen molar-refractivity contribution in [3.63, 3.8) is 0 Å². The van der Waals surface area contributed by atoms with Crippen LogP contribution in [0.5, 0.6) is 5.75 Å². The molecule has 0 aromatic heterocycles. The van der Waals surface area contributed by atoms with Gasteiger partial charge in [0.15, 0.2) is 18.5 Å². The highest BCUT2D eigenvalue weighted by Gasteiger charge is 2.50. The molecule has 1 aliphatic rings. The Morgan fingerprint density at radius 1 is 0.780 bits per heavy atom. The first-order valence-electron chi connectivity index (χ1n) is 14.8. The number of benzene rings is 1. The standard InChI is InChI=1S/C33H55O7P/c1-22(2)18-19-41(13)40-24-16-14-23(15-17-24)29-36-25(27(34)38-32(9,10)20-30(3,4)5)26(37-29)28(35)39-33(11,12)21-31(6,7)8/h14-17,22,25-26,29H,18-21H2,1-13H3. The van der Waals surface area contributed by atoms with Crippen LogP contribution in [0.2, 0.25) is 0 Å². The number of esters is 2. The smallest absolute Gasteiger partial charge is 0.339 e. The molecule has 2 rings (SSSR count). The molecule has 1 aromatic rings. The van der Waals surface area contributed by atoms with Gasteiger partial charge in [0, 0.05) is 11.7 Å². The van der Waals surface area contributed by atoms with Crippen molar-refractivity contribution in [2.75, 3.05) is 12.8 Å². The van der Waals surface area contributed by atoms with Crippen LogP contribution in [-0.2, 0) is 28.5 Å². The highest BCUT2D eigenvalue weighted by atomic mass is 31.1. The average molecular weight is 595 g/mol. The van der Waals surface area contributed by atoms with E-state index >= 15 is 0 Å². The van der Waals surface area contributed by atoms with E-state index in [9.17, 15) is 9.59 Å². The summed E-state index contributed by atoms with van der Waals surface area (Å²) in [7, 11) is -0.573. The predicted molar refractivity (Wildman–Crippen MR) is 165 cm³/mol. The molecule has 1 saturated heterocycles. The quantitative estimate of drug-likeness (QED) is 0.177. The van der Waals surface area contributed by atoms with Crippen LogP contribution in [0, 0.1) is 16.7 Å². The van der Waals surface area contributed by atoms with Gasteiger partial charge in [0.05, 0.1) is 8.15 Å². The van der Waals surface area contributed by atoms with Gasteiger partial charge in [-0.2, -0.15) is 0 Å². The summed E-state index contributed by atoms with van der Waals surface area (Å²) >= 11 is 0. The topological polar surface area (TPSA) is 80.3 Å². The van der Waals surface area contributed by atoms with Crippen LogP contribution < -0.4 is 4.52 Å². The third-order valence-corrected chi connectivity index (χ3v) is 7.79. The third kappa shape index (κ3) is 12.6. The highest BCUT2D eigenvalue weighted by Crippen LogP contribution is 2.39. The minimum atomic E-state index is -1.26. The molecule has 8 heteroatoms. The van der Waals surface area contributed by atoms with Crippen LogP contribution in [0.15, 0.2) is 24.3 Å². The van der Waals surface area contributed by atoms with E-state index in [4.69, 9.17) is 23.5 Å². The molecule has 0 amide bonds. The van der Waals surface area contributed by atoms with Crippen molar-refractivity contribution in [3.8, 4) is 5.75 Å². The number of hydrogen-bond donors (Lipinski definition) is 0. The first-order valence-corrected chi connectivity index (χ1v) is 16.7. The zero-order valence-electron chi connectivity index (χ0n) is 27.8. The zero-order chi connectivity index (χ0) is 31.4. The summed E-state index contributed by atoms with van der Waals surface area (Å²) in [4.78, 5) is 26.9. The summed E-state index contributed by atoms with van der Waals surface area (Å²) in [6.45, 7) is 26.5. The number of rotatable bonds is 12. The summed E-state index contributed by atoms with van der Waals surface area (Å²) in [6.07, 6.45) is -0.0173. The van der Waals surface area contributed by atoms with E-state index in [1.807, 2.05) is 52.0 Å². The number of ether oxygens (including phenoxy) is 4. The van der Waals surface area contributed by atoms with Crippen LogP contribution in [0.4, 0.5) is 0 Å². The van der Waals surface area contributed by atoms with Gasteiger partial charge in [-0.05, 0) is 82.5 Å². The summed E-state index contributed by atoms with van der Waals surface area (Å²) in [5.41, 5.74) is -0.970. The van der Waals surface area contributed by atoms with E-state index in [2.05, 4.69) is 62.1 Å². The molecule has 0 aliphatic carbocycles. The normalized spacial score (nSPS) is 21.1. The molecule has 3 atom stereocenters. The molecule has 1 heterocycles. The Morgan fingerprint density at radius 2 is 1.20 bits per heavy atom. The van der Waals surface area contributed by atoms with Gasteiger partial charge in [0.25, 0.3) is 0 Å². The van der Waals surface area contributed by atoms with Gasteiger partial charge in [-0.15, -0.1) is 0 Å². The number of hydrogen-bond acceptors (Lipinski definition) is 7. The Morgan fingerprint density at radius 3 is 1.56 bits per heavy atom. The van der Waals surface area contributed by atoms with Gasteiger partial charge in [-0.1, -0.05) is 67.5 Å². The molecule has 0 bridgehead atoms. The fourth-order valence-electron chi connectivity index (χ4n) is 5.60. The molecule has 1 aliphatic heterocycles. The fraction of sp³-hybridized carbons (Fsp3) is 0.758. The van der Waals surface area contributed by atoms with Gasteiger partial charge in [0.1, 0.15) is 17.0 Å². The maximum atomic E-state index is 13.5. The third-order valence-electron chi connectivity index (χ3n) is 6.38. The van der Waals surface area contributed by atoms with Crippen molar-refractivity contribution in [2.45, 2.75) is 132 Å². The molecule has 41 heavy (non-hydrogen) atoms. The molecule has 0 spiro atoms. The molecule has 1 aromatic carbocycles. The van der Waals surface area contributed by atoms with Gasteiger partial charge >= 0.3 is 11.9 Å². The lowest BCUT2D eigenvalue weighted by atomic mass is 9.83. The van der Waals surface area contributed by atoms with Crippen molar-refractivity contribution >= 4 is 20.1 Å². The fourth-order valence-corrected chi connectivity index (χ4v) is 7.05. The van der Waals surface area contributed by atoms with E-state index in [0.29, 0.717) is 24.3 Å². The van der Waals surface area contributed by atoms with Crippen molar-refractivity contribution < 1.29 is 33.1 Å². The number of carbonyl (C=O) groups is 2. The second-order valence-electron chi connectivity index (χ2n) is 15.5. The Kier molecular flexibility index (Phi) is 11.9. The first kappa shape index (κ1) is 35.5. The lowest BCUT2D eigenvalue weighted by Gasteiger charge is -2.34. The van der Waals surface area contributed by atoms with E-state index in [1.54, 1.807) is 0 Å². The zero-order valence-corrected chi connectivity index (χ0v) is 28.6. The Bertz CT molecular complexity index is 952. The lowest BCUT2D eigenvalue weighted by molar-refractivity contribution is -0.179. The molecule has 3 unspecified atom stereocenters. The Balaban J connectivity index is 2.24. The molecule has 234 valence electrons. The van der Waals surface area contributed by atoms with E-state index in [-0.39, 0.29) is 10.8 Å². The van der Waals surface area contributed by atoms with Gasteiger partial charge in [-0.25, -0.2) is 9.59 Å². The molecule has 0 saturated carbocycles. The Labute approximate surface area is 250 Å². The average Bonchev–Trinajstić information content (AvgIpc) is 3.20. The van der Waals surface area contributed by atoms with Crippen molar-refractivity contribution in [1.29, 1.82) is 0 Å². The van der Waals surface area contributed by atoms with E-state index in [1.165, 1.54) is 0 Å². The van der Waals surface area contributed by atoms with Crippen LogP contribution in [0.3, 0.4) is 0 Å². The van der Waals surface area contributed by atoms with Gasteiger partial charge in [-0.3, -0.25) is 0 Å². The second kappa shape index (κ2) is 13.7. The van der Waals surface area contributed by atoms with Gasteiger partial charge < -0.3 is 23.5 Å². The van der Waals surface area contributed by atoms with Crippen molar-refractivity contribution in [1.82, 2.24) is 0 Å². The lowest BCUT2D eigenvalue weighted by Crippen LogP contribution is -2.45. The van der Waals surface area contributed by atoms with E-state index < -0.39 is 49.8 Å². The van der Waals surface area contributed by atoms with Crippen LogP contribution in [0.25, 0.3) is 0 Å². The predicted octanol–water partition coefficient (Wildman–Crippen LogP) is 8.44. The molecule has 1 fully saturated rings. The minimum absolute atomic E-state index is 0.0634. The van der Waals surface area contributed by atoms with Crippen molar-refractivity contribution in [2.24, 2.45) is 16.7 Å².